The lowest BCUT2D eigenvalue weighted by Gasteiger charge is -2.05. The molecular weight excluding hydrogens is 242 g/mol. The van der Waals surface area contributed by atoms with Gasteiger partial charge in [0.15, 0.2) is 5.76 Å². The largest absolute Gasteiger partial charge is 0.456 e. The third-order valence-electron chi connectivity index (χ3n) is 2.81. The Morgan fingerprint density at radius 2 is 2.05 bits per heavy atom. The highest BCUT2D eigenvalue weighted by molar-refractivity contribution is 5.43. The first-order valence-corrected chi connectivity index (χ1v) is 6.84. The van der Waals surface area contributed by atoms with E-state index < -0.39 is 0 Å². The number of hydrogen-bond donors (Lipinski definition) is 1. The summed E-state index contributed by atoms with van der Waals surface area (Å²) in [7, 11) is 0. The molecule has 0 aliphatic rings. The van der Waals surface area contributed by atoms with Crippen LogP contribution in [0, 0.1) is 0 Å². The fourth-order valence-electron chi connectivity index (χ4n) is 1.77. The Balaban J connectivity index is 1.88. The summed E-state index contributed by atoms with van der Waals surface area (Å²) >= 11 is 0. The highest BCUT2D eigenvalue weighted by atomic mass is 16.4. The van der Waals surface area contributed by atoms with Crippen LogP contribution < -0.4 is 5.32 Å². The van der Waals surface area contributed by atoms with E-state index in [9.17, 15) is 0 Å². The van der Waals surface area contributed by atoms with Crippen molar-refractivity contribution >= 4 is 0 Å². The highest BCUT2D eigenvalue weighted by Crippen LogP contribution is 2.21. The Hall–Kier alpha value is -1.62. The maximum atomic E-state index is 5.59. The first kappa shape index (κ1) is 13.8. The van der Waals surface area contributed by atoms with E-state index in [4.69, 9.17) is 8.83 Å². The molecule has 5 heteroatoms. The minimum absolute atomic E-state index is 0.464. The standard InChI is InChI=1S/C14H21N3O2/c1-4-11-7-8-12(18-11)14-17-16-13(19-14)6-5-9-15-10(2)3/h7-8,10,15H,4-6,9H2,1-3H3. The van der Waals surface area contributed by atoms with Gasteiger partial charge in [0, 0.05) is 18.9 Å². The quantitative estimate of drug-likeness (QED) is 0.778. The van der Waals surface area contributed by atoms with Gasteiger partial charge in [-0.1, -0.05) is 20.8 Å². The van der Waals surface area contributed by atoms with Crippen molar-refractivity contribution in [2.75, 3.05) is 6.54 Å². The molecule has 19 heavy (non-hydrogen) atoms. The van der Waals surface area contributed by atoms with Crippen molar-refractivity contribution in [3.63, 3.8) is 0 Å². The van der Waals surface area contributed by atoms with Crippen molar-refractivity contribution in [2.45, 2.75) is 46.1 Å². The zero-order chi connectivity index (χ0) is 13.7. The Kier molecular flexibility index (Phi) is 4.74. The molecule has 0 fully saturated rings. The SMILES string of the molecule is CCc1ccc(-c2nnc(CCCNC(C)C)o2)o1. The Morgan fingerprint density at radius 3 is 2.74 bits per heavy atom. The first-order valence-electron chi connectivity index (χ1n) is 6.84. The summed E-state index contributed by atoms with van der Waals surface area (Å²) < 4.78 is 11.2. The number of furan rings is 1. The third-order valence-corrected chi connectivity index (χ3v) is 2.81. The van der Waals surface area contributed by atoms with E-state index in [0.717, 1.165) is 31.6 Å². The van der Waals surface area contributed by atoms with Crippen molar-refractivity contribution in [2.24, 2.45) is 0 Å². The molecule has 0 saturated carbocycles. The van der Waals surface area contributed by atoms with Gasteiger partial charge in [-0.05, 0) is 25.1 Å². The van der Waals surface area contributed by atoms with E-state index in [0.29, 0.717) is 23.6 Å². The minimum Gasteiger partial charge on any atom is -0.456 e. The average Bonchev–Trinajstić information content (AvgIpc) is 3.02. The van der Waals surface area contributed by atoms with Gasteiger partial charge in [0.25, 0.3) is 5.89 Å². The molecule has 5 nitrogen and oxygen atoms in total. The molecule has 0 aliphatic carbocycles. The molecule has 0 aromatic carbocycles. The van der Waals surface area contributed by atoms with Gasteiger partial charge in [-0.3, -0.25) is 0 Å². The van der Waals surface area contributed by atoms with Crippen LogP contribution >= 0.6 is 0 Å². The van der Waals surface area contributed by atoms with Gasteiger partial charge >= 0.3 is 0 Å². The fourth-order valence-corrected chi connectivity index (χ4v) is 1.77. The summed E-state index contributed by atoms with van der Waals surface area (Å²) in [6.45, 7) is 7.26. The van der Waals surface area contributed by atoms with Crippen molar-refractivity contribution < 1.29 is 8.83 Å². The first-order chi connectivity index (χ1) is 9.19. The monoisotopic (exact) mass is 263 g/mol. The van der Waals surface area contributed by atoms with E-state index in [-0.39, 0.29) is 0 Å². The maximum absolute atomic E-state index is 5.59. The number of rotatable bonds is 7. The topological polar surface area (TPSA) is 64.1 Å². The normalized spacial score (nSPS) is 11.4. The van der Waals surface area contributed by atoms with Gasteiger partial charge in [-0.15, -0.1) is 10.2 Å². The van der Waals surface area contributed by atoms with Crippen LogP contribution in [0.2, 0.25) is 0 Å². The number of nitrogens with zero attached hydrogens (tertiary/aromatic N) is 2. The molecule has 0 radical (unpaired) electrons. The van der Waals surface area contributed by atoms with Crippen molar-refractivity contribution in [1.29, 1.82) is 0 Å². The van der Waals surface area contributed by atoms with Crippen LogP contribution in [0.25, 0.3) is 11.7 Å². The second kappa shape index (κ2) is 6.52. The number of nitrogens with one attached hydrogen (secondary N) is 1. The summed E-state index contributed by atoms with van der Waals surface area (Å²) in [6.07, 6.45) is 2.63. The van der Waals surface area contributed by atoms with E-state index in [1.54, 1.807) is 0 Å². The van der Waals surface area contributed by atoms with Crippen LogP contribution in [0.3, 0.4) is 0 Å². The molecule has 0 bridgehead atoms. The molecule has 0 unspecified atom stereocenters. The molecular formula is C14H21N3O2. The number of hydrogen-bond acceptors (Lipinski definition) is 5. The van der Waals surface area contributed by atoms with Crippen LogP contribution in [0.4, 0.5) is 0 Å². The van der Waals surface area contributed by atoms with E-state index in [1.165, 1.54) is 0 Å². The van der Waals surface area contributed by atoms with E-state index in [1.807, 2.05) is 19.1 Å². The predicted molar refractivity (Wildman–Crippen MR) is 72.8 cm³/mol. The molecule has 1 N–H and O–H groups in total. The van der Waals surface area contributed by atoms with Crippen LogP contribution in [-0.2, 0) is 12.8 Å². The van der Waals surface area contributed by atoms with Gasteiger partial charge in [-0.2, -0.15) is 0 Å². The van der Waals surface area contributed by atoms with Crippen LogP contribution in [0.5, 0.6) is 0 Å². The molecule has 0 saturated heterocycles. The van der Waals surface area contributed by atoms with Crippen LogP contribution in [0.1, 0.15) is 38.8 Å². The minimum atomic E-state index is 0.464. The summed E-state index contributed by atoms with van der Waals surface area (Å²) in [5, 5.41) is 11.4. The summed E-state index contributed by atoms with van der Waals surface area (Å²) in [5.41, 5.74) is 0. The Bertz CT molecular complexity index is 502. The molecule has 2 heterocycles. The molecule has 104 valence electrons. The lowest BCUT2D eigenvalue weighted by Crippen LogP contribution is -2.23. The molecule has 0 atom stereocenters. The van der Waals surface area contributed by atoms with Gasteiger partial charge in [0.05, 0.1) is 0 Å². The van der Waals surface area contributed by atoms with Crippen LogP contribution in [-0.4, -0.2) is 22.8 Å². The second-order valence-electron chi connectivity index (χ2n) is 4.83. The lowest BCUT2D eigenvalue weighted by molar-refractivity contribution is 0.458. The fraction of sp³-hybridized carbons (Fsp3) is 0.571. The van der Waals surface area contributed by atoms with Gasteiger partial charge < -0.3 is 14.2 Å². The summed E-state index contributed by atoms with van der Waals surface area (Å²) in [5.74, 6) is 2.70. The van der Waals surface area contributed by atoms with Crippen molar-refractivity contribution in [3.8, 4) is 11.7 Å². The molecule has 2 rings (SSSR count). The van der Waals surface area contributed by atoms with E-state index >= 15 is 0 Å². The third kappa shape index (κ3) is 3.92. The Morgan fingerprint density at radius 1 is 1.21 bits per heavy atom. The number of aromatic nitrogens is 2. The Labute approximate surface area is 113 Å². The maximum Gasteiger partial charge on any atom is 0.283 e. The second-order valence-corrected chi connectivity index (χ2v) is 4.83. The van der Waals surface area contributed by atoms with Crippen molar-refractivity contribution in [3.05, 3.63) is 23.8 Å². The number of aryl methyl sites for hydroxylation is 2. The summed E-state index contributed by atoms with van der Waals surface area (Å²) in [4.78, 5) is 0. The predicted octanol–water partition coefficient (Wildman–Crippen LogP) is 2.82. The van der Waals surface area contributed by atoms with Gasteiger partial charge in [0.1, 0.15) is 5.76 Å². The zero-order valence-electron chi connectivity index (χ0n) is 11.8. The highest BCUT2D eigenvalue weighted by Gasteiger charge is 2.12. The smallest absolute Gasteiger partial charge is 0.283 e. The average molecular weight is 263 g/mol. The molecule has 2 aromatic heterocycles. The summed E-state index contributed by atoms with van der Waals surface area (Å²) in [6, 6.07) is 4.32. The van der Waals surface area contributed by atoms with E-state index in [2.05, 4.69) is 29.4 Å². The van der Waals surface area contributed by atoms with Gasteiger partial charge in [-0.25, -0.2) is 0 Å². The zero-order valence-corrected chi connectivity index (χ0v) is 11.8. The molecule has 2 aromatic rings. The van der Waals surface area contributed by atoms with Gasteiger partial charge in [0.2, 0.25) is 5.89 Å². The molecule has 0 aliphatic heterocycles. The molecule has 0 spiro atoms. The van der Waals surface area contributed by atoms with Crippen molar-refractivity contribution in [1.82, 2.24) is 15.5 Å². The van der Waals surface area contributed by atoms with Crippen LogP contribution in [0.15, 0.2) is 21.0 Å². The molecule has 0 amide bonds. The lowest BCUT2D eigenvalue weighted by atomic mass is 10.3.